The number of hydrogen-bond donors (Lipinski definition) is 0. The predicted molar refractivity (Wildman–Crippen MR) is 138 cm³/mol. The summed E-state index contributed by atoms with van der Waals surface area (Å²) in [6, 6.07) is 0. The zero-order chi connectivity index (χ0) is 21.5. The van der Waals surface area contributed by atoms with Gasteiger partial charge in [0.25, 0.3) is 0 Å². The first kappa shape index (κ1) is 32.8. The molecular formula is C27H58ClNS. The normalized spacial score (nSPS) is 11.6. The Balaban J connectivity index is 0. The largest absolute Gasteiger partial charge is 1.00 e. The van der Waals surface area contributed by atoms with E-state index in [0.717, 1.165) is 0 Å². The molecule has 0 spiro atoms. The lowest BCUT2D eigenvalue weighted by Gasteiger charge is -2.29. The zero-order valence-electron chi connectivity index (χ0n) is 21.5. The summed E-state index contributed by atoms with van der Waals surface area (Å²) >= 11 is 2.19. The summed E-state index contributed by atoms with van der Waals surface area (Å²) in [4.78, 5) is 0. The first-order valence-electron chi connectivity index (χ1n) is 13.5. The molecule has 0 fully saturated rings. The number of nitrogens with zero attached hydrogens (tertiary/aromatic N) is 1. The van der Waals surface area contributed by atoms with Gasteiger partial charge < -0.3 is 16.9 Å². The van der Waals surface area contributed by atoms with Gasteiger partial charge in [-0.2, -0.15) is 0 Å². The second kappa shape index (κ2) is 25.9. The van der Waals surface area contributed by atoms with Crippen LogP contribution in [0.25, 0.3) is 0 Å². The smallest absolute Gasteiger partial charge is 0.125 e. The van der Waals surface area contributed by atoms with Crippen molar-refractivity contribution in [1.29, 1.82) is 0 Å². The molecule has 0 unspecified atom stereocenters. The standard InChI is InChI=1S/C27H58NS.ClH/c1-5-7-9-11-13-15-16-17-18-19-21-23-25-28(3,4)27-29-26-24-22-20-14-12-10-8-6-2;/h5-27H2,1-4H3;1H/q+1;/p-1. The molecule has 0 rings (SSSR count). The van der Waals surface area contributed by atoms with Crippen LogP contribution in [0.5, 0.6) is 0 Å². The lowest BCUT2D eigenvalue weighted by atomic mass is 10.1. The summed E-state index contributed by atoms with van der Waals surface area (Å²) in [5.41, 5.74) is 0. The first-order chi connectivity index (χ1) is 14.1. The Morgan fingerprint density at radius 2 is 0.800 bits per heavy atom. The fraction of sp³-hybridized carbons (Fsp3) is 1.00. The van der Waals surface area contributed by atoms with Crippen LogP contribution in [0, 0.1) is 0 Å². The van der Waals surface area contributed by atoms with Crippen molar-refractivity contribution in [2.45, 2.75) is 142 Å². The maximum absolute atomic E-state index is 2.43. The Labute approximate surface area is 202 Å². The minimum atomic E-state index is 0. The molecule has 0 amide bonds. The third-order valence-corrected chi connectivity index (χ3v) is 7.66. The van der Waals surface area contributed by atoms with E-state index in [0.29, 0.717) is 0 Å². The van der Waals surface area contributed by atoms with Crippen LogP contribution >= 0.6 is 11.8 Å². The highest BCUT2D eigenvalue weighted by Crippen LogP contribution is 2.16. The first-order valence-corrected chi connectivity index (χ1v) is 14.7. The van der Waals surface area contributed by atoms with Gasteiger partial charge in [-0.05, 0) is 25.0 Å². The number of thioether (sulfide) groups is 1. The minimum Gasteiger partial charge on any atom is -1.00 e. The third kappa shape index (κ3) is 26.6. The molecule has 1 nitrogen and oxygen atoms in total. The third-order valence-electron chi connectivity index (χ3n) is 6.20. The van der Waals surface area contributed by atoms with Gasteiger partial charge in [-0.15, -0.1) is 11.8 Å². The molecule has 0 radical (unpaired) electrons. The van der Waals surface area contributed by atoms with E-state index in [4.69, 9.17) is 0 Å². The molecule has 0 aromatic rings. The van der Waals surface area contributed by atoms with E-state index in [-0.39, 0.29) is 12.4 Å². The van der Waals surface area contributed by atoms with E-state index in [1.165, 1.54) is 151 Å². The van der Waals surface area contributed by atoms with E-state index in [2.05, 4.69) is 39.7 Å². The van der Waals surface area contributed by atoms with E-state index in [1.54, 1.807) is 0 Å². The molecule has 0 heterocycles. The quantitative estimate of drug-likeness (QED) is 0.0882. The minimum absolute atomic E-state index is 0. The molecule has 0 aromatic heterocycles. The molecule has 0 aliphatic carbocycles. The van der Waals surface area contributed by atoms with Crippen molar-refractivity contribution in [1.82, 2.24) is 0 Å². The Hall–Kier alpha value is 0.600. The number of halogens is 1. The van der Waals surface area contributed by atoms with Gasteiger partial charge in [-0.3, -0.25) is 0 Å². The summed E-state index contributed by atoms with van der Waals surface area (Å²) in [7, 11) is 4.86. The Morgan fingerprint density at radius 1 is 0.467 bits per heavy atom. The van der Waals surface area contributed by atoms with Crippen LogP contribution in [-0.4, -0.2) is 36.8 Å². The molecule has 30 heavy (non-hydrogen) atoms. The van der Waals surface area contributed by atoms with E-state index < -0.39 is 0 Å². The second-order valence-corrected chi connectivity index (χ2v) is 11.1. The maximum Gasteiger partial charge on any atom is 0.125 e. The van der Waals surface area contributed by atoms with Gasteiger partial charge in [0.15, 0.2) is 0 Å². The molecule has 3 heteroatoms. The summed E-state index contributed by atoms with van der Waals surface area (Å²) in [5.74, 6) is 2.67. The van der Waals surface area contributed by atoms with Gasteiger partial charge in [-0.25, -0.2) is 0 Å². The molecule has 0 saturated carbocycles. The number of quaternary nitrogens is 1. The van der Waals surface area contributed by atoms with Crippen molar-refractivity contribution in [3.8, 4) is 0 Å². The molecular weight excluding hydrogens is 406 g/mol. The van der Waals surface area contributed by atoms with Crippen LogP contribution in [-0.2, 0) is 0 Å². The van der Waals surface area contributed by atoms with Crippen molar-refractivity contribution < 1.29 is 16.9 Å². The highest BCUT2D eigenvalue weighted by molar-refractivity contribution is 7.99. The molecule has 0 aliphatic heterocycles. The fourth-order valence-corrected chi connectivity index (χ4v) is 5.26. The topological polar surface area (TPSA) is 0 Å². The van der Waals surface area contributed by atoms with Crippen molar-refractivity contribution in [2.75, 3.05) is 32.3 Å². The van der Waals surface area contributed by atoms with Gasteiger partial charge in [0, 0.05) is 0 Å². The van der Waals surface area contributed by atoms with Crippen molar-refractivity contribution >= 4 is 11.8 Å². The van der Waals surface area contributed by atoms with E-state index in [9.17, 15) is 0 Å². The number of hydrogen-bond acceptors (Lipinski definition) is 1. The number of unbranched alkanes of at least 4 members (excludes halogenated alkanes) is 18. The lowest BCUT2D eigenvalue weighted by molar-refractivity contribution is -0.877. The van der Waals surface area contributed by atoms with Gasteiger partial charge in [-0.1, -0.05) is 123 Å². The SMILES string of the molecule is CCCCCCCCCCCCCC[N+](C)(C)CSCCCCCCCCCC.[Cl-]. The number of rotatable bonds is 24. The lowest BCUT2D eigenvalue weighted by Crippen LogP contribution is -3.00. The Morgan fingerprint density at radius 3 is 1.20 bits per heavy atom. The molecule has 0 atom stereocenters. The molecule has 0 bridgehead atoms. The van der Waals surface area contributed by atoms with Crippen molar-refractivity contribution in [3.05, 3.63) is 0 Å². The average molecular weight is 464 g/mol. The highest BCUT2D eigenvalue weighted by atomic mass is 35.5. The molecule has 184 valence electrons. The van der Waals surface area contributed by atoms with Gasteiger partial charge in [0.2, 0.25) is 0 Å². The van der Waals surface area contributed by atoms with Crippen molar-refractivity contribution in [2.24, 2.45) is 0 Å². The van der Waals surface area contributed by atoms with Crippen LogP contribution in [0.2, 0.25) is 0 Å². The van der Waals surface area contributed by atoms with Crippen LogP contribution in [0.15, 0.2) is 0 Å². The summed E-state index contributed by atoms with van der Waals surface area (Å²) in [5, 5.41) is 0. The summed E-state index contributed by atoms with van der Waals surface area (Å²) < 4.78 is 1.21. The Bertz CT molecular complexity index is 309. The zero-order valence-corrected chi connectivity index (χ0v) is 23.1. The van der Waals surface area contributed by atoms with Gasteiger partial charge in [0.1, 0.15) is 5.88 Å². The van der Waals surface area contributed by atoms with Crippen LogP contribution in [0.1, 0.15) is 142 Å². The van der Waals surface area contributed by atoms with Gasteiger partial charge >= 0.3 is 0 Å². The molecule has 0 aliphatic rings. The highest BCUT2D eigenvalue weighted by Gasteiger charge is 2.13. The predicted octanol–water partition coefficient (Wildman–Crippen LogP) is 6.60. The van der Waals surface area contributed by atoms with E-state index in [1.807, 2.05) is 0 Å². The average Bonchev–Trinajstić information content (AvgIpc) is 2.70. The summed E-state index contributed by atoms with van der Waals surface area (Å²) in [6.45, 7) is 5.97. The van der Waals surface area contributed by atoms with Crippen molar-refractivity contribution in [3.63, 3.8) is 0 Å². The summed E-state index contributed by atoms with van der Waals surface area (Å²) in [6.07, 6.45) is 28.9. The van der Waals surface area contributed by atoms with Crippen LogP contribution in [0.3, 0.4) is 0 Å². The fourth-order valence-electron chi connectivity index (χ4n) is 4.10. The Kier molecular flexibility index (Phi) is 28.3. The maximum atomic E-state index is 2.43. The van der Waals surface area contributed by atoms with Crippen LogP contribution in [0.4, 0.5) is 0 Å². The monoisotopic (exact) mass is 463 g/mol. The molecule has 0 aromatic carbocycles. The molecule has 0 N–H and O–H groups in total. The van der Waals surface area contributed by atoms with Gasteiger partial charge in [0.05, 0.1) is 20.6 Å². The molecule has 0 saturated heterocycles. The van der Waals surface area contributed by atoms with Crippen LogP contribution < -0.4 is 12.4 Å². The van der Waals surface area contributed by atoms with E-state index >= 15 is 0 Å². The second-order valence-electron chi connectivity index (χ2n) is 10.1.